The second-order valence-corrected chi connectivity index (χ2v) is 8.72. The Hall–Kier alpha value is -1.72. The number of sulfonamides is 1. The average molecular weight is 443 g/mol. The maximum atomic E-state index is 12.3. The van der Waals surface area contributed by atoms with E-state index in [9.17, 15) is 8.42 Å². The second kappa shape index (κ2) is 13.6. The molecule has 0 spiro atoms. The van der Waals surface area contributed by atoms with Crippen LogP contribution in [0.25, 0.3) is 0 Å². The highest BCUT2D eigenvalue weighted by Crippen LogP contribution is 2.12. The van der Waals surface area contributed by atoms with Crippen LogP contribution in [0.1, 0.15) is 24.8 Å². The Morgan fingerprint density at radius 3 is 2.87 bits per heavy atom. The molecule has 9 nitrogen and oxygen atoms in total. The quantitative estimate of drug-likeness (QED) is 0.236. The van der Waals surface area contributed by atoms with E-state index in [4.69, 9.17) is 14.2 Å². The van der Waals surface area contributed by atoms with E-state index in [1.54, 1.807) is 25.2 Å². The molecule has 0 saturated carbocycles. The van der Waals surface area contributed by atoms with Crippen molar-refractivity contribution in [3.63, 3.8) is 0 Å². The van der Waals surface area contributed by atoms with Crippen LogP contribution in [0.2, 0.25) is 0 Å². The van der Waals surface area contributed by atoms with Gasteiger partial charge in [-0.05, 0) is 37.0 Å². The van der Waals surface area contributed by atoms with Crippen molar-refractivity contribution in [2.45, 2.75) is 36.8 Å². The molecule has 0 aliphatic carbocycles. The Labute approximate surface area is 179 Å². The number of ether oxygens (including phenoxy) is 3. The smallest absolute Gasteiger partial charge is 0.240 e. The Bertz CT molecular complexity index is 751. The average Bonchev–Trinajstić information content (AvgIpc) is 3.26. The first-order chi connectivity index (χ1) is 14.5. The fourth-order valence-electron chi connectivity index (χ4n) is 2.96. The molecule has 1 aromatic rings. The Balaban J connectivity index is 1.70. The van der Waals surface area contributed by atoms with Crippen molar-refractivity contribution in [3.05, 3.63) is 29.8 Å². The zero-order valence-electron chi connectivity index (χ0n) is 17.9. The van der Waals surface area contributed by atoms with Crippen LogP contribution >= 0.6 is 0 Å². The van der Waals surface area contributed by atoms with Gasteiger partial charge in [0.2, 0.25) is 10.0 Å². The van der Waals surface area contributed by atoms with Crippen molar-refractivity contribution >= 4 is 16.0 Å². The van der Waals surface area contributed by atoms with Crippen LogP contribution < -0.4 is 15.4 Å². The minimum absolute atomic E-state index is 0.226. The summed E-state index contributed by atoms with van der Waals surface area (Å²) in [5.74, 6) is 0.653. The lowest BCUT2D eigenvalue weighted by Gasteiger charge is -2.13. The number of benzene rings is 1. The number of hydrogen-bond acceptors (Lipinski definition) is 6. The Morgan fingerprint density at radius 2 is 2.13 bits per heavy atom. The lowest BCUT2D eigenvalue weighted by atomic mass is 10.2. The van der Waals surface area contributed by atoms with Gasteiger partial charge in [-0.2, -0.15) is 0 Å². The van der Waals surface area contributed by atoms with Gasteiger partial charge in [0.1, 0.15) is 0 Å². The predicted octanol–water partition coefficient (Wildman–Crippen LogP) is 0.862. The van der Waals surface area contributed by atoms with Crippen molar-refractivity contribution in [2.24, 2.45) is 4.99 Å². The van der Waals surface area contributed by atoms with Crippen LogP contribution in [0.15, 0.2) is 34.2 Å². The van der Waals surface area contributed by atoms with E-state index in [2.05, 4.69) is 20.3 Å². The molecule has 0 bridgehead atoms. The lowest BCUT2D eigenvalue weighted by Crippen LogP contribution is -2.37. The van der Waals surface area contributed by atoms with Gasteiger partial charge in [0.15, 0.2) is 5.96 Å². The molecule has 10 heteroatoms. The minimum atomic E-state index is -3.55. The highest BCUT2D eigenvalue weighted by Gasteiger charge is 2.15. The molecule has 1 aromatic carbocycles. The molecule has 170 valence electrons. The summed E-state index contributed by atoms with van der Waals surface area (Å²) in [6.07, 6.45) is 3.31. The number of aliphatic imine (C=N–C) groups is 1. The van der Waals surface area contributed by atoms with Gasteiger partial charge in [0, 0.05) is 47.0 Å². The standard InChI is InChI=1S/C20H34N4O5S/c1-21-20(22-9-5-11-28-16-18-7-4-12-29-18)23-15-17-6-3-8-19(14-17)30(25,26)24-10-13-27-2/h3,6,8,14,18,24H,4-5,7,9-13,15-16H2,1-2H3,(H2,21,22,23). The SMILES string of the molecule is CN=C(NCCCOCC1CCCO1)NCc1cccc(S(=O)(=O)NCCOC)c1. The molecule has 0 amide bonds. The minimum Gasteiger partial charge on any atom is -0.383 e. The molecule has 1 fully saturated rings. The number of nitrogens with zero attached hydrogens (tertiary/aromatic N) is 1. The summed E-state index contributed by atoms with van der Waals surface area (Å²) >= 11 is 0. The second-order valence-electron chi connectivity index (χ2n) is 6.95. The van der Waals surface area contributed by atoms with Gasteiger partial charge >= 0.3 is 0 Å². The molecule has 1 heterocycles. The van der Waals surface area contributed by atoms with E-state index in [1.165, 1.54) is 7.11 Å². The topological polar surface area (TPSA) is 110 Å². The van der Waals surface area contributed by atoms with E-state index >= 15 is 0 Å². The van der Waals surface area contributed by atoms with E-state index < -0.39 is 10.0 Å². The normalized spacial score (nSPS) is 17.3. The monoisotopic (exact) mass is 442 g/mol. The zero-order chi connectivity index (χ0) is 21.7. The molecule has 1 aliphatic rings. The van der Waals surface area contributed by atoms with Crippen LogP contribution in [-0.2, 0) is 30.8 Å². The largest absolute Gasteiger partial charge is 0.383 e. The summed E-state index contributed by atoms with van der Waals surface area (Å²) in [7, 11) is -0.329. The van der Waals surface area contributed by atoms with E-state index in [0.717, 1.165) is 38.0 Å². The van der Waals surface area contributed by atoms with Crippen molar-refractivity contribution in [3.8, 4) is 0 Å². The third-order valence-electron chi connectivity index (χ3n) is 4.58. The molecule has 30 heavy (non-hydrogen) atoms. The van der Waals surface area contributed by atoms with E-state index in [-0.39, 0.29) is 17.5 Å². The van der Waals surface area contributed by atoms with Crippen LogP contribution in [-0.4, -0.2) is 74.2 Å². The van der Waals surface area contributed by atoms with Gasteiger partial charge in [0.25, 0.3) is 0 Å². The summed E-state index contributed by atoms with van der Waals surface area (Å²) in [6.45, 7) is 3.90. The number of guanidine groups is 1. The molecule has 1 unspecified atom stereocenters. The first kappa shape index (κ1) is 24.5. The van der Waals surface area contributed by atoms with Gasteiger partial charge in [0.05, 0.1) is 24.2 Å². The number of rotatable bonds is 13. The maximum absolute atomic E-state index is 12.3. The van der Waals surface area contributed by atoms with Crippen LogP contribution in [0.3, 0.4) is 0 Å². The summed E-state index contributed by atoms with van der Waals surface area (Å²) in [6, 6.07) is 6.81. The van der Waals surface area contributed by atoms with Gasteiger partial charge < -0.3 is 24.8 Å². The number of nitrogens with one attached hydrogen (secondary N) is 3. The maximum Gasteiger partial charge on any atom is 0.240 e. The van der Waals surface area contributed by atoms with Crippen molar-refractivity contribution in [2.75, 3.05) is 53.7 Å². The van der Waals surface area contributed by atoms with Crippen LogP contribution in [0, 0.1) is 0 Å². The highest BCUT2D eigenvalue weighted by atomic mass is 32.2. The number of hydrogen-bond donors (Lipinski definition) is 3. The van der Waals surface area contributed by atoms with Gasteiger partial charge in [-0.25, -0.2) is 13.1 Å². The molecule has 1 atom stereocenters. The first-order valence-electron chi connectivity index (χ1n) is 10.3. The van der Waals surface area contributed by atoms with Gasteiger partial charge in [-0.15, -0.1) is 0 Å². The van der Waals surface area contributed by atoms with Gasteiger partial charge in [-0.1, -0.05) is 12.1 Å². The van der Waals surface area contributed by atoms with E-state index in [1.807, 2.05) is 6.07 Å². The lowest BCUT2D eigenvalue weighted by molar-refractivity contribution is 0.0168. The molecule has 0 radical (unpaired) electrons. The molecule has 1 aliphatic heterocycles. The molecule has 2 rings (SSSR count). The molecule has 3 N–H and O–H groups in total. The molecular formula is C20H34N4O5S. The first-order valence-corrected chi connectivity index (χ1v) is 11.7. The Morgan fingerprint density at radius 1 is 1.27 bits per heavy atom. The number of methoxy groups -OCH3 is 1. The third-order valence-corrected chi connectivity index (χ3v) is 6.03. The predicted molar refractivity (Wildman–Crippen MR) is 116 cm³/mol. The molecule has 0 aromatic heterocycles. The van der Waals surface area contributed by atoms with Gasteiger partial charge in [-0.3, -0.25) is 4.99 Å². The van der Waals surface area contributed by atoms with Crippen molar-refractivity contribution < 1.29 is 22.6 Å². The fourth-order valence-corrected chi connectivity index (χ4v) is 4.04. The summed E-state index contributed by atoms with van der Waals surface area (Å²) in [5, 5.41) is 6.43. The van der Waals surface area contributed by atoms with E-state index in [0.29, 0.717) is 32.3 Å². The highest BCUT2D eigenvalue weighted by molar-refractivity contribution is 7.89. The van der Waals surface area contributed by atoms with Crippen molar-refractivity contribution in [1.29, 1.82) is 0 Å². The van der Waals surface area contributed by atoms with Crippen LogP contribution in [0.4, 0.5) is 0 Å². The summed E-state index contributed by atoms with van der Waals surface area (Å²) < 4.78 is 43.2. The van der Waals surface area contributed by atoms with Crippen LogP contribution in [0.5, 0.6) is 0 Å². The fraction of sp³-hybridized carbons (Fsp3) is 0.650. The molecule has 1 saturated heterocycles. The van der Waals surface area contributed by atoms with Crippen molar-refractivity contribution in [1.82, 2.24) is 15.4 Å². The summed E-state index contributed by atoms with van der Waals surface area (Å²) in [5.41, 5.74) is 0.840. The summed E-state index contributed by atoms with van der Waals surface area (Å²) in [4.78, 5) is 4.42. The molecular weight excluding hydrogens is 408 g/mol. The third kappa shape index (κ3) is 8.97. The zero-order valence-corrected chi connectivity index (χ0v) is 18.7. The Kier molecular flexibility index (Phi) is 11.1.